The summed E-state index contributed by atoms with van der Waals surface area (Å²) in [6.07, 6.45) is 4.82. The Labute approximate surface area is 137 Å². The molecule has 0 saturated heterocycles. The second-order valence-corrected chi connectivity index (χ2v) is 7.38. The Morgan fingerprint density at radius 2 is 1.78 bits per heavy atom. The van der Waals surface area contributed by atoms with E-state index in [0.29, 0.717) is 6.42 Å². The Morgan fingerprint density at radius 1 is 1.04 bits per heavy atom. The highest BCUT2D eigenvalue weighted by atomic mass is 32.2. The zero-order valence-corrected chi connectivity index (χ0v) is 14.0. The third kappa shape index (κ3) is 3.71. The molecule has 0 aliphatic heterocycles. The van der Waals surface area contributed by atoms with Crippen molar-refractivity contribution in [1.82, 2.24) is 0 Å². The molecule has 0 amide bonds. The van der Waals surface area contributed by atoms with Crippen LogP contribution in [0.3, 0.4) is 0 Å². The van der Waals surface area contributed by atoms with Crippen LogP contribution in [0.4, 0.5) is 0 Å². The molecule has 3 nitrogen and oxygen atoms in total. The highest BCUT2D eigenvalue weighted by Gasteiger charge is 2.16. The fourth-order valence-electron chi connectivity index (χ4n) is 2.83. The number of hydrogen-bond acceptors (Lipinski definition) is 3. The first-order chi connectivity index (χ1) is 11.1. The summed E-state index contributed by atoms with van der Waals surface area (Å²) in [5.41, 5.74) is 4.74. The van der Waals surface area contributed by atoms with E-state index in [0.717, 1.165) is 18.4 Å². The zero-order chi connectivity index (χ0) is 16.3. The first-order valence-electron chi connectivity index (χ1n) is 7.80. The first-order valence-corrected chi connectivity index (χ1v) is 9.20. The van der Waals surface area contributed by atoms with Crippen molar-refractivity contribution in [2.45, 2.75) is 31.1 Å². The van der Waals surface area contributed by atoms with Crippen molar-refractivity contribution in [2.24, 2.45) is 0 Å². The maximum absolute atomic E-state index is 12.2. The SMILES string of the molecule is Cc1ccc(S(=O)(=O)OCCC2=CCCc3ccccc32)cc1. The highest BCUT2D eigenvalue weighted by Crippen LogP contribution is 2.28. The standard InChI is InChI=1S/C19H20O3S/c1-15-9-11-18(12-10-15)23(20,21)22-14-13-17-7-4-6-16-5-2-3-8-19(16)17/h2-3,5,7-12H,4,6,13-14H2,1H3. The molecular weight excluding hydrogens is 308 g/mol. The fraction of sp³-hybridized carbons (Fsp3) is 0.263. The van der Waals surface area contributed by atoms with Crippen LogP contribution in [0.2, 0.25) is 0 Å². The number of benzene rings is 2. The average molecular weight is 328 g/mol. The van der Waals surface area contributed by atoms with Gasteiger partial charge in [-0.3, -0.25) is 4.18 Å². The summed E-state index contributed by atoms with van der Waals surface area (Å²) >= 11 is 0. The molecule has 0 bridgehead atoms. The van der Waals surface area contributed by atoms with E-state index < -0.39 is 10.1 Å². The van der Waals surface area contributed by atoms with E-state index in [1.54, 1.807) is 24.3 Å². The van der Waals surface area contributed by atoms with E-state index in [1.165, 1.54) is 16.7 Å². The normalized spacial score (nSPS) is 14.2. The molecule has 0 unspecified atom stereocenters. The van der Waals surface area contributed by atoms with Gasteiger partial charge in [0.1, 0.15) is 0 Å². The smallest absolute Gasteiger partial charge is 0.266 e. The van der Waals surface area contributed by atoms with Crippen molar-refractivity contribution >= 4 is 15.7 Å². The summed E-state index contributed by atoms with van der Waals surface area (Å²) in [5.74, 6) is 0. The number of fused-ring (bicyclic) bond motifs is 1. The fourth-order valence-corrected chi connectivity index (χ4v) is 3.74. The first kappa shape index (κ1) is 16.0. The highest BCUT2D eigenvalue weighted by molar-refractivity contribution is 7.86. The van der Waals surface area contributed by atoms with Gasteiger partial charge in [0.15, 0.2) is 0 Å². The van der Waals surface area contributed by atoms with E-state index in [1.807, 2.05) is 19.1 Å². The second kappa shape index (κ2) is 6.69. The molecule has 23 heavy (non-hydrogen) atoms. The Balaban J connectivity index is 1.65. The van der Waals surface area contributed by atoms with E-state index in [4.69, 9.17) is 4.18 Å². The summed E-state index contributed by atoms with van der Waals surface area (Å²) in [5, 5.41) is 0. The number of allylic oxidation sites excluding steroid dienone is 1. The minimum Gasteiger partial charge on any atom is -0.266 e. The monoisotopic (exact) mass is 328 g/mol. The van der Waals surface area contributed by atoms with Gasteiger partial charge in [0.05, 0.1) is 11.5 Å². The van der Waals surface area contributed by atoms with Gasteiger partial charge in [0, 0.05) is 0 Å². The minimum absolute atomic E-state index is 0.163. The van der Waals surface area contributed by atoms with Crippen molar-refractivity contribution in [2.75, 3.05) is 6.61 Å². The van der Waals surface area contributed by atoms with Gasteiger partial charge >= 0.3 is 0 Å². The van der Waals surface area contributed by atoms with Crippen LogP contribution in [0.1, 0.15) is 29.5 Å². The summed E-state index contributed by atoms with van der Waals surface area (Å²) in [6.45, 7) is 2.08. The molecule has 2 aromatic carbocycles. The van der Waals surface area contributed by atoms with Crippen LogP contribution in [-0.2, 0) is 20.7 Å². The van der Waals surface area contributed by atoms with Crippen LogP contribution < -0.4 is 0 Å². The molecule has 0 radical (unpaired) electrons. The second-order valence-electron chi connectivity index (χ2n) is 5.76. The summed E-state index contributed by atoms with van der Waals surface area (Å²) in [6, 6.07) is 15.0. The van der Waals surface area contributed by atoms with Gasteiger partial charge in [0.25, 0.3) is 10.1 Å². The van der Waals surface area contributed by atoms with E-state index in [-0.39, 0.29) is 11.5 Å². The van der Waals surface area contributed by atoms with Gasteiger partial charge in [-0.15, -0.1) is 0 Å². The van der Waals surface area contributed by atoms with Crippen molar-refractivity contribution < 1.29 is 12.6 Å². The van der Waals surface area contributed by atoms with Gasteiger partial charge in [-0.25, -0.2) is 0 Å². The van der Waals surface area contributed by atoms with Crippen LogP contribution in [0, 0.1) is 6.92 Å². The maximum Gasteiger partial charge on any atom is 0.296 e. The molecule has 0 saturated carbocycles. The Hall–Kier alpha value is -1.91. The molecule has 0 aromatic heterocycles. The van der Waals surface area contributed by atoms with Gasteiger partial charge in [-0.05, 0) is 55.0 Å². The number of rotatable bonds is 5. The molecule has 1 aliphatic rings. The molecule has 0 atom stereocenters. The molecule has 4 heteroatoms. The third-order valence-electron chi connectivity index (χ3n) is 4.09. The summed E-state index contributed by atoms with van der Waals surface area (Å²) in [7, 11) is -3.68. The summed E-state index contributed by atoms with van der Waals surface area (Å²) in [4.78, 5) is 0.209. The quantitative estimate of drug-likeness (QED) is 0.776. The van der Waals surface area contributed by atoms with Gasteiger partial charge < -0.3 is 0 Å². The molecule has 0 N–H and O–H groups in total. The van der Waals surface area contributed by atoms with Crippen LogP contribution in [0.25, 0.3) is 5.57 Å². The zero-order valence-electron chi connectivity index (χ0n) is 13.2. The van der Waals surface area contributed by atoms with Crippen LogP contribution >= 0.6 is 0 Å². The van der Waals surface area contributed by atoms with E-state index >= 15 is 0 Å². The minimum atomic E-state index is -3.68. The lowest BCUT2D eigenvalue weighted by atomic mass is 9.89. The van der Waals surface area contributed by atoms with Crippen molar-refractivity contribution in [3.05, 3.63) is 71.3 Å². The lowest BCUT2D eigenvalue weighted by Crippen LogP contribution is -2.09. The van der Waals surface area contributed by atoms with Crippen molar-refractivity contribution in [1.29, 1.82) is 0 Å². The molecule has 3 rings (SSSR count). The molecule has 0 spiro atoms. The van der Waals surface area contributed by atoms with E-state index in [9.17, 15) is 8.42 Å². The Morgan fingerprint density at radius 3 is 2.57 bits per heavy atom. The summed E-state index contributed by atoms with van der Waals surface area (Å²) < 4.78 is 29.6. The topological polar surface area (TPSA) is 43.4 Å². The molecular formula is C19H20O3S. The lowest BCUT2D eigenvalue weighted by Gasteiger charge is -2.17. The van der Waals surface area contributed by atoms with Gasteiger partial charge in [-0.2, -0.15) is 8.42 Å². The molecule has 2 aromatic rings. The predicted octanol–water partition coefficient (Wildman–Crippen LogP) is 4.12. The largest absolute Gasteiger partial charge is 0.296 e. The Kier molecular flexibility index (Phi) is 4.64. The van der Waals surface area contributed by atoms with Crippen molar-refractivity contribution in [3.8, 4) is 0 Å². The third-order valence-corrected chi connectivity index (χ3v) is 5.41. The van der Waals surface area contributed by atoms with Gasteiger partial charge in [-0.1, -0.05) is 48.0 Å². The lowest BCUT2D eigenvalue weighted by molar-refractivity contribution is 0.326. The van der Waals surface area contributed by atoms with Crippen LogP contribution in [0.5, 0.6) is 0 Å². The van der Waals surface area contributed by atoms with E-state index in [2.05, 4.69) is 18.2 Å². The van der Waals surface area contributed by atoms with Gasteiger partial charge in [0.2, 0.25) is 0 Å². The van der Waals surface area contributed by atoms with Crippen molar-refractivity contribution in [3.63, 3.8) is 0 Å². The number of hydrogen-bond donors (Lipinski definition) is 0. The predicted molar refractivity (Wildman–Crippen MR) is 91.7 cm³/mol. The average Bonchev–Trinajstić information content (AvgIpc) is 2.55. The van der Waals surface area contributed by atoms with Crippen LogP contribution in [0.15, 0.2) is 59.5 Å². The molecule has 0 fully saturated rings. The molecule has 120 valence electrons. The maximum atomic E-state index is 12.2. The Bertz CT molecular complexity index is 818. The molecule has 0 heterocycles. The number of aryl methyl sites for hydroxylation is 2. The van der Waals surface area contributed by atoms with Crippen LogP contribution in [-0.4, -0.2) is 15.0 Å². The molecule has 1 aliphatic carbocycles.